The molecule has 0 amide bonds. The zero-order valence-electron chi connectivity index (χ0n) is 9.18. The lowest BCUT2D eigenvalue weighted by Gasteiger charge is -2.09. The zero-order valence-corrected chi connectivity index (χ0v) is 9.93. The Balaban J connectivity index is 2.06. The number of ether oxygens (including phenoxy) is 1. The lowest BCUT2D eigenvalue weighted by molar-refractivity contribution is 0.135. The lowest BCUT2D eigenvalue weighted by Crippen LogP contribution is -2.04. The van der Waals surface area contributed by atoms with Gasteiger partial charge in [-0.2, -0.15) is 4.98 Å². The Morgan fingerprint density at radius 1 is 1.39 bits per heavy atom. The molecule has 2 aromatic rings. The van der Waals surface area contributed by atoms with Gasteiger partial charge in [0.15, 0.2) is 6.10 Å². The van der Waals surface area contributed by atoms with Crippen LogP contribution >= 0.6 is 11.6 Å². The van der Waals surface area contributed by atoms with Gasteiger partial charge in [-0.15, -0.1) is 0 Å². The van der Waals surface area contributed by atoms with E-state index in [0.717, 1.165) is 0 Å². The molecule has 0 fully saturated rings. The van der Waals surface area contributed by atoms with Crippen LogP contribution < -0.4 is 4.74 Å². The Bertz CT molecular complexity index is 518. The minimum atomic E-state index is -2.77. The summed E-state index contributed by atoms with van der Waals surface area (Å²) in [6, 6.07) is 3.14. The first-order valence-corrected chi connectivity index (χ1v) is 5.34. The molecular weight excluding hydrogens is 268 g/mol. The monoisotopic (exact) mass is 275 g/mol. The number of hydrogen-bond donors (Lipinski definition) is 0. The van der Waals surface area contributed by atoms with E-state index in [9.17, 15) is 8.78 Å². The predicted octanol–water partition coefficient (Wildman–Crippen LogP) is 3.20. The minimum Gasteiger partial charge on any atom is -0.479 e. The molecule has 0 aliphatic heterocycles. The normalized spacial score (nSPS) is 12.7. The first-order valence-electron chi connectivity index (χ1n) is 4.96. The van der Waals surface area contributed by atoms with Gasteiger partial charge in [-0.25, -0.2) is 13.8 Å². The average Bonchev–Trinajstić information content (AvgIpc) is 2.81. The summed E-state index contributed by atoms with van der Waals surface area (Å²) in [4.78, 5) is 7.34. The number of hydrogen-bond acceptors (Lipinski definition) is 5. The molecule has 1 atom stereocenters. The second-order valence-electron chi connectivity index (χ2n) is 3.37. The van der Waals surface area contributed by atoms with E-state index >= 15 is 0 Å². The smallest absolute Gasteiger partial charge is 0.300 e. The maximum absolute atomic E-state index is 12.3. The maximum Gasteiger partial charge on any atom is 0.300 e. The molecule has 0 aliphatic carbocycles. The van der Waals surface area contributed by atoms with Crippen LogP contribution in [0.1, 0.15) is 31.2 Å². The standard InChI is InChI=1S/C10H8ClF2N3O2/c1-5(10-15-9(8(12)13)16-18-10)17-6-2-3-7(11)14-4-6/h2-5,8H,1H3/t5-/m0/s1. The summed E-state index contributed by atoms with van der Waals surface area (Å²) in [5.41, 5.74) is 0. The molecule has 96 valence electrons. The zero-order chi connectivity index (χ0) is 13.1. The van der Waals surface area contributed by atoms with Crippen LogP contribution in [0.25, 0.3) is 0 Å². The number of alkyl halides is 2. The summed E-state index contributed by atoms with van der Waals surface area (Å²) < 4.78 is 34.6. The number of nitrogens with zero attached hydrogens (tertiary/aromatic N) is 3. The molecule has 0 bridgehead atoms. The Hall–Kier alpha value is -1.76. The van der Waals surface area contributed by atoms with Crippen molar-refractivity contribution < 1.29 is 18.0 Å². The highest BCUT2D eigenvalue weighted by Crippen LogP contribution is 2.22. The van der Waals surface area contributed by atoms with Crippen LogP contribution in [0.5, 0.6) is 5.75 Å². The number of pyridine rings is 1. The molecule has 18 heavy (non-hydrogen) atoms. The quantitative estimate of drug-likeness (QED) is 0.802. The molecule has 8 heteroatoms. The van der Waals surface area contributed by atoms with Gasteiger partial charge in [-0.05, 0) is 19.1 Å². The van der Waals surface area contributed by atoms with Gasteiger partial charge in [0.05, 0.1) is 6.20 Å². The van der Waals surface area contributed by atoms with Crippen LogP contribution in [0.3, 0.4) is 0 Å². The number of rotatable bonds is 4. The van der Waals surface area contributed by atoms with Crippen LogP contribution in [-0.4, -0.2) is 15.1 Å². The van der Waals surface area contributed by atoms with Gasteiger partial charge in [0.2, 0.25) is 5.82 Å². The maximum atomic E-state index is 12.3. The fraction of sp³-hybridized carbons (Fsp3) is 0.300. The lowest BCUT2D eigenvalue weighted by atomic mass is 10.4. The molecular formula is C10H8ClF2N3O2. The largest absolute Gasteiger partial charge is 0.479 e. The minimum absolute atomic E-state index is 0.0275. The molecule has 0 aliphatic rings. The van der Waals surface area contributed by atoms with Crippen molar-refractivity contribution >= 4 is 11.6 Å². The van der Waals surface area contributed by atoms with Crippen molar-refractivity contribution in [3.05, 3.63) is 35.2 Å². The van der Waals surface area contributed by atoms with Gasteiger partial charge < -0.3 is 9.26 Å². The van der Waals surface area contributed by atoms with Crippen LogP contribution in [0, 0.1) is 0 Å². The Morgan fingerprint density at radius 2 is 2.17 bits per heavy atom. The van der Waals surface area contributed by atoms with E-state index in [0.29, 0.717) is 10.9 Å². The van der Waals surface area contributed by atoms with Gasteiger partial charge in [0.1, 0.15) is 10.9 Å². The first-order chi connectivity index (χ1) is 8.56. The summed E-state index contributed by atoms with van der Waals surface area (Å²) in [5.74, 6) is -0.265. The van der Waals surface area contributed by atoms with E-state index in [1.807, 2.05) is 0 Å². The highest BCUT2D eigenvalue weighted by atomic mass is 35.5. The molecule has 5 nitrogen and oxygen atoms in total. The molecule has 0 spiro atoms. The van der Waals surface area contributed by atoms with Gasteiger partial charge in [-0.1, -0.05) is 16.8 Å². The van der Waals surface area contributed by atoms with Crippen LogP contribution in [0.4, 0.5) is 8.78 Å². The van der Waals surface area contributed by atoms with Crippen LogP contribution in [0.15, 0.2) is 22.9 Å². The van der Waals surface area contributed by atoms with Crippen LogP contribution in [0.2, 0.25) is 5.15 Å². The topological polar surface area (TPSA) is 61.0 Å². The fourth-order valence-corrected chi connectivity index (χ4v) is 1.30. The summed E-state index contributed by atoms with van der Waals surface area (Å²) in [7, 11) is 0. The molecule has 2 heterocycles. The second-order valence-corrected chi connectivity index (χ2v) is 3.76. The highest BCUT2D eigenvalue weighted by molar-refractivity contribution is 6.29. The van der Waals surface area contributed by atoms with Crippen molar-refractivity contribution in [2.45, 2.75) is 19.5 Å². The molecule has 0 aromatic carbocycles. The average molecular weight is 276 g/mol. The molecule has 0 unspecified atom stereocenters. The van der Waals surface area contributed by atoms with E-state index in [2.05, 4.69) is 19.6 Å². The van der Waals surface area contributed by atoms with Gasteiger partial charge in [0.25, 0.3) is 5.89 Å². The summed E-state index contributed by atoms with van der Waals surface area (Å²) in [5, 5.41) is 3.47. The summed E-state index contributed by atoms with van der Waals surface area (Å²) in [6.07, 6.45) is -2.02. The van der Waals surface area contributed by atoms with E-state index in [1.165, 1.54) is 6.20 Å². The van der Waals surface area contributed by atoms with Crippen molar-refractivity contribution in [2.24, 2.45) is 0 Å². The Kier molecular flexibility index (Phi) is 3.71. The third kappa shape index (κ3) is 2.92. The van der Waals surface area contributed by atoms with Crippen molar-refractivity contribution in [3.8, 4) is 5.75 Å². The summed E-state index contributed by atoms with van der Waals surface area (Å²) >= 11 is 5.61. The van der Waals surface area contributed by atoms with Gasteiger partial charge in [0, 0.05) is 0 Å². The Labute approximate surface area is 106 Å². The molecule has 0 saturated heterocycles. The second kappa shape index (κ2) is 5.26. The number of halogens is 3. The van der Waals surface area contributed by atoms with E-state index < -0.39 is 18.4 Å². The molecule has 2 rings (SSSR count). The predicted molar refractivity (Wildman–Crippen MR) is 57.5 cm³/mol. The van der Waals surface area contributed by atoms with E-state index in [-0.39, 0.29) is 5.89 Å². The molecule has 0 N–H and O–H groups in total. The number of aromatic nitrogens is 3. The third-order valence-electron chi connectivity index (χ3n) is 2.01. The van der Waals surface area contributed by atoms with Crippen LogP contribution in [-0.2, 0) is 0 Å². The fourth-order valence-electron chi connectivity index (χ4n) is 1.19. The molecule has 0 saturated carbocycles. The first kappa shape index (κ1) is 12.7. The molecule has 0 radical (unpaired) electrons. The van der Waals surface area contributed by atoms with Gasteiger partial charge >= 0.3 is 6.43 Å². The van der Waals surface area contributed by atoms with Crippen molar-refractivity contribution in [3.63, 3.8) is 0 Å². The highest BCUT2D eigenvalue weighted by Gasteiger charge is 2.20. The van der Waals surface area contributed by atoms with Crippen molar-refractivity contribution in [2.75, 3.05) is 0 Å². The van der Waals surface area contributed by atoms with Gasteiger partial charge in [-0.3, -0.25) is 0 Å². The molecule has 2 aromatic heterocycles. The van der Waals surface area contributed by atoms with Crippen molar-refractivity contribution in [1.82, 2.24) is 15.1 Å². The van der Waals surface area contributed by atoms with Crippen molar-refractivity contribution in [1.29, 1.82) is 0 Å². The summed E-state index contributed by atoms with van der Waals surface area (Å²) in [6.45, 7) is 1.59. The van der Waals surface area contributed by atoms with E-state index in [1.54, 1.807) is 19.1 Å². The van der Waals surface area contributed by atoms with E-state index in [4.69, 9.17) is 16.3 Å². The third-order valence-corrected chi connectivity index (χ3v) is 2.24. The Morgan fingerprint density at radius 3 is 2.72 bits per heavy atom. The SMILES string of the molecule is C[C@H](Oc1ccc(Cl)nc1)c1nc(C(F)F)no1.